The Bertz CT molecular complexity index is 358. The summed E-state index contributed by atoms with van der Waals surface area (Å²) in [6.07, 6.45) is 3.07. The van der Waals surface area contributed by atoms with E-state index in [-0.39, 0.29) is 0 Å². The molecule has 0 amide bonds. The molecule has 3 nitrogen and oxygen atoms in total. The molecule has 0 saturated carbocycles. The van der Waals surface area contributed by atoms with Crippen LogP contribution in [-0.2, 0) is 17.6 Å². The van der Waals surface area contributed by atoms with Crippen LogP contribution in [0.4, 0.5) is 0 Å². The summed E-state index contributed by atoms with van der Waals surface area (Å²) >= 11 is 0. The molecule has 0 aromatic heterocycles. The highest BCUT2D eigenvalue weighted by atomic mass is 16.5. The van der Waals surface area contributed by atoms with E-state index in [1.807, 2.05) is 12.1 Å². The quantitative estimate of drug-likeness (QED) is 0.693. The zero-order valence-corrected chi connectivity index (χ0v) is 10.1. The molecule has 0 fully saturated rings. The summed E-state index contributed by atoms with van der Waals surface area (Å²) in [5, 5.41) is 0. The van der Waals surface area contributed by atoms with Gasteiger partial charge in [0.1, 0.15) is 6.29 Å². The van der Waals surface area contributed by atoms with Crippen molar-refractivity contribution < 1.29 is 14.3 Å². The largest absolute Gasteiger partial charge is 0.493 e. The maximum atomic E-state index is 10.5. The zero-order chi connectivity index (χ0) is 12.0. The van der Waals surface area contributed by atoms with Gasteiger partial charge in [-0.15, -0.1) is 0 Å². The number of carbonyl (C=O) groups is 1. The maximum Gasteiger partial charge on any atom is 0.164 e. The normalized spacial score (nSPS) is 9.94. The fraction of sp³-hybridized carbons (Fsp3) is 0.462. The minimum atomic E-state index is 0.510. The van der Waals surface area contributed by atoms with E-state index in [1.54, 1.807) is 14.2 Å². The number of methoxy groups -OCH3 is 2. The number of aldehydes is 1. The summed E-state index contributed by atoms with van der Waals surface area (Å²) in [4.78, 5) is 10.5. The second-order valence-corrected chi connectivity index (χ2v) is 3.50. The third-order valence-corrected chi connectivity index (χ3v) is 2.64. The van der Waals surface area contributed by atoms with Crippen LogP contribution < -0.4 is 9.47 Å². The van der Waals surface area contributed by atoms with Gasteiger partial charge >= 0.3 is 0 Å². The fourth-order valence-electron chi connectivity index (χ4n) is 1.84. The van der Waals surface area contributed by atoms with Crippen LogP contribution in [0.25, 0.3) is 0 Å². The Morgan fingerprint density at radius 1 is 1.25 bits per heavy atom. The molecule has 0 saturated heterocycles. The number of benzene rings is 1. The topological polar surface area (TPSA) is 35.5 Å². The Kier molecular flexibility index (Phi) is 4.83. The van der Waals surface area contributed by atoms with Crippen molar-refractivity contribution in [2.45, 2.75) is 26.2 Å². The monoisotopic (exact) mass is 222 g/mol. The molecular weight excluding hydrogens is 204 g/mol. The summed E-state index contributed by atoms with van der Waals surface area (Å²) in [7, 11) is 3.24. The Balaban J connectivity index is 3.19. The maximum absolute atomic E-state index is 10.5. The van der Waals surface area contributed by atoms with Crippen LogP contribution in [-0.4, -0.2) is 20.5 Å². The van der Waals surface area contributed by atoms with E-state index >= 15 is 0 Å². The van der Waals surface area contributed by atoms with Crippen LogP contribution in [0, 0.1) is 0 Å². The third kappa shape index (κ3) is 2.54. The molecular formula is C13H18O3. The van der Waals surface area contributed by atoms with Gasteiger partial charge in [-0.25, -0.2) is 0 Å². The van der Waals surface area contributed by atoms with Crippen molar-refractivity contribution in [3.05, 3.63) is 23.3 Å². The lowest BCUT2D eigenvalue weighted by Crippen LogP contribution is -2.01. The van der Waals surface area contributed by atoms with E-state index in [4.69, 9.17) is 9.47 Å². The second kappa shape index (κ2) is 6.16. The number of hydrogen-bond donors (Lipinski definition) is 0. The Hall–Kier alpha value is -1.51. The smallest absolute Gasteiger partial charge is 0.164 e. The molecule has 0 unspecified atom stereocenters. The molecule has 1 aromatic carbocycles. The number of aryl methyl sites for hydroxylation is 1. The molecule has 1 aromatic rings. The van der Waals surface area contributed by atoms with Crippen LogP contribution in [0.15, 0.2) is 12.1 Å². The molecule has 3 heteroatoms. The number of ether oxygens (including phenoxy) is 2. The van der Waals surface area contributed by atoms with Crippen LogP contribution in [0.3, 0.4) is 0 Å². The summed E-state index contributed by atoms with van der Waals surface area (Å²) in [5.41, 5.74) is 2.29. The second-order valence-electron chi connectivity index (χ2n) is 3.50. The van der Waals surface area contributed by atoms with E-state index in [9.17, 15) is 4.79 Å². The molecule has 0 aliphatic carbocycles. The van der Waals surface area contributed by atoms with Crippen LogP contribution in [0.1, 0.15) is 24.5 Å². The predicted molar refractivity (Wildman–Crippen MR) is 63.3 cm³/mol. The molecule has 0 radical (unpaired) electrons. The summed E-state index contributed by atoms with van der Waals surface area (Å²) < 4.78 is 10.6. The standard InChI is InChI=1S/C13H18O3/c1-4-10-7-8-12(15-2)13(16-3)11(10)6-5-9-14/h7-9H,4-6H2,1-3H3. The number of rotatable bonds is 6. The van der Waals surface area contributed by atoms with Crippen molar-refractivity contribution in [3.63, 3.8) is 0 Å². The van der Waals surface area contributed by atoms with Crippen molar-refractivity contribution in [2.75, 3.05) is 14.2 Å². The molecule has 0 aliphatic rings. The van der Waals surface area contributed by atoms with E-state index < -0.39 is 0 Å². The molecule has 1 rings (SSSR count). The first-order valence-electron chi connectivity index (χ1n) is 5.44. The molecule has 0 N–H and O–H groups in total. The van der Waals surface area contributed by atoms with Gasteiger partial charge in [0.25, 0.3) is 0 Å². The molecule has 0 atom stereocenters. The third-order valence-electron chi connectivity index (χ3n) is 2.64. The van der Waals surface area contributed by atoms with Crippen LogP contribution >= 0.6 is 0 Å². The highest BCUT2D eigenvalue weighted by molar-refractivity contribution is 5.55. The Morgan fingerprint density at radius 2 is 2.00 bits per heavy atom. The van der Waals surface area contributed by atoms with E-state index in [2.05, 4.69) is 6.92 Å². The molecule has 88 valence electrons. The summed E-state index contributed by atoms with van der Waals surface area (Å²) in [6, 6.07) is 3.93. The van der Waals surface area contributed by atoms with Gasteiger partial charge in [0.15, 0.2) is 11.5 Å². The zero-order valence-electron chi connectivity index (χ0n) is 10.1. The van der Waals surface area contributed by atoms with Gasteiger partial charge in [-0.3, -0.25) is 0 Å². The lowest BCUT2D eigenvalue weighted by atomic mass is 9.99. The average Bonchev–Trinajstić information content (AvgIpc) is 2.34. The minimum Gasteiger partial charge on any atom is -0.493 e. The lowest BCUT2D eigenvalue weighted by Gasteiger charge is -2.15. The van der Waals surface area contributed by atoms with Crippen molar-refractivity contribution in [1.29, 1.82) is 0 Å². The lowest BCUT2D eigenvalue weighted by molar-refractivity contribution is -0.107. The average molecular weight is 222 g/mol. The van der Waals surface area contributed by atoms with Gasteiger partial charge in [-0.05, 0) is 24.5 Å². The van der Waals surface area contributed by atoms with Crippen molar-refractivity contribution >= 4 is 6.29 Å². The van der Waals surface area contributed by atoms with Gasteiger partial charge in [0.2, 0.25) is 0 Å². The van der Waals surface area contributed by atoms with Gasteiger partial charge < -0.3 is 14.3 Å². The molecule has 0 aliphatic heterocycles. The van der Waals surface area contributed by atoms with Gasteiger partial charge in [-0.1, -0.05) is 13.0 Å². The van der Waals surface area contributed by atoms with E-state index in [0.717, 1.165) is 29.8 Å². The van der Waals surface area contributed by atoms with Crippen LogP contribution in [0.5, 0.6) is 11.5 Å². The first-order chi connectivity index (χ1) is 7.78. The molecule has 16 heavy (non-hydrogen) atoms. The highest BCUT2D eigenvalue weighted by Crippen LogP contribution is 2.34. The van der Waals surface area contributed by atoms with Gasteiger partial charge in [0.05, 0.1) is 14.2 Å². The summed E-state index contributed by atoms with van der Waals surface area (Å²) in [5.74, 6) is 1.48. The first kappa shape index (κ1) is 12.6. The molecule has 0 heterocycles. The fourth-order valence-corrected chi connectivity index (χ4v) is 1.84. The van der Waals surface area contributed by atoms with Crippen molar-refractivity contribution in [2.24, 2.45) is 0 Å². The first-order valence-corrected chi connectivity index (χ1v) is 5.44. The van der Waals surface area contributed by atoms with E-state index in [1.165, 1.54) is 5.56 Å². The minimum absolute atomic E-state index is 0.510. The van der Waals surface area contributed by atoms with Crippen LogP contribution in [0.2, 0.25) is 0 Å². The number of hydrogen-bond acceptors (Lipinski definition) is 3. The highest BCUT2D eigenvalue weighted by Gasteiger charge is 2.13. The van der Waals surface area contributed by atoms with Gasteiger partial charge in [0, 0.05) is 12.0 Å². The Morgan fingerprint density at radius 3 is 2.50 bits per heavy atom. The molecule has 0 spiro atoms. The molecule has 0 bridgehead atoms. The van der Waals surface area contributed by atoms with Crippen molar-refractivity contribution in [1.82, 2.24) is 0 Å². The van der Waals surface area contributed by atoms with E-state index in [0.29, 0.717) is 12.8 Å². The van der Waals surface area contributed by atoms with Gasteiger partial charge in [-0.2, -0.15) is 0 Å². The SMILES string of the molecule is CCc1ccc(OC)c(OC)c1CCC=O. The summed E-state index contributed by atoms with van der Waals surface area (Å²) in [6.45, 7) is 2.09. The number of carbonyl (C=O) groups excluding carboxylic acids is 1. The Labute approximate surface area is 96.4 Å². The van der Waals surface area contributed by atoms with Crippen molar-refractivity contribution in [3.8, 4) is 11.5 Å². The predicted octanol–water partition coefficient (Wildman–Crippen LogP) is 2.40.